The highest BCUT2D eigenvalue weighted by molar-refractivity contribution is 6.33. The fraction of sp³-hybridized carbons (Fsp3) is 0.308. The third-order valence-corrected chi connectivity index (χ3v) is 3.37. The number of hydrogen-bond acceptors (Lipinski definition) is 3. The molecule has 1 aromatic heterocycles. The van der Waals surface area contributed by atoms with Gasteiger partial charge >= 0.3 is 0 Å². The van der Waals surface area contributed by atoms with Crippen LogP contribution < -0.4 is 5.32 Å². The number of rotatable bonds is 3. The lowest BCUT2D eigenvalue weighted by Gasteiger charge is -2.05. The van der Waals surface area contributed by atoms with Crippen LogP contribution in [0.5, 0.6) is 0 Å². The van der Waals surface area contributed by atoms with Gasteiger partial charge in [-0.1, -0.05) is 17.7 Å². The van der Waals surface area contributed by atoms with E-state index in [1.165, 1.54) is 0 Å². The second-order valence-electron chi connectivity index (χ2n) is 4.76. The highest BCUT2D eigenvalue weighted by Crippen LogP contribution is 2.37. The minimum absolute atomic E-state index is 0.152. The molecular weight excluding hydrogens is 264 g/mol. The predicted molar refractivity (Wildman–Crippen MR) is 72.5 cm³/mol. The van der Waals surface area contributed by atoms with Crippen molar-refractivity contribution in [1.82, 2.24) is 15.2 Å². The molecule has 5 nitrogen and oxygen atoms in total. The number of aryl methyl sites for hydroxylation is 1. The van der Waals surface area contributed by atoms with Gasteiger partial charge in [-0.15, -0.1) is 5.10 Å². The topological polar surface area (TPSA) is 70.7 Å². The zero-order chi connectivity index (χ0) is 13.4. The smallest absolute Gasteiger partial charge is 0.295 e. The first-order chi connectivity index (χ1) is 9.13. The molecule has 1 amide bonds. The first kappa shape index (κ1) is 12.2. The lowest BCUT2D eigenvalue weighted by molar-refractivity contribution is 0.101. The van der Waals surface area contributed by atoms with E-state index in [1.54, 1.807) is 6.07 Å². The Balaban J connectivity index is 1.77. The van der Waals surface area contributed by atoms with Gasteiger partial charge in [-0.2, -0.15) is 0 Å². The number of nitrogens with one attached hydrogen (secondary N) is 2. The van der Waals surface area contributed by atoms with Gasteiger partial charge in [-0.25, -0.2) is 4.98 Å². The van der Waals surface area contributed by atoms with Crippen LogP contribution in [0.2, 0.25) is 5.02 Å². The number of amides is 1. The molecule has 98 valence electrons. The Morgan fingerprint density at radius 2 is 2.26 bits per heavy atom. The number of H-pyrrole nitrogens is 1. The van der Waals surface area contributed by atoms with Crippen molar-refractivity contribution in [2.75, 3.05) is 5.32 Å². The maximum Gasteiger partial charge on any atom is 0.295 e. The number of nitrogens with zero attached hydrogens (tertiary/aromatic N) is 2. The number of aromatic nitrogens is 3. The van der Waals surface area contributed by atoms with Gasteiger partial charge in [0.1, 0.15) is 5.82 Å². The average Bonchev–Trinajstić information content (AvgIpc) is 3.11. The third kappa shape index (κ3) is 2.61. The molecule has 3 rings (SSSR count). The Labute approximate surface area is 115 Å². The standard InChI is InChI=1S/C13H13ClN4O/c1-7-2-5-9(14)10(6-7)15-13(19)12-16-11(17-18-12)8-3-4-8/h2,5-6,8H,3-4H2,1H3,(H,15,19)(H,16,17,18). The minimum Gasteiger partial charge on any atom is -0.318 e. The molecule has 2 aromatic rings. The Bertz CT molecular complexity index is 633. The van der Waals surface area contributed by atoms with E-state index in [9.17, 15) is 4.79 Å². The molecule has 0 bridgehead atoms. The SMILES string of the molecule is Cc1ccc(Cl)c(NC(=O)c2n[nH]c(C3CC3)n2)c1. The van der Waals surface area contributed by atoms with E-state index in [0.29, 0.717) is 16.6 Å². The number of hydrogen-bond donors (Lipinski definition) is 2. The van der Waals surface area contributed by atoms with Gasteiger partial charge in [-0.3, -0.25) is 9.89 Å². The Kier molecular flexibility index (Phi) is 2.98. The first-order valence-electron chi connectivity index (χ1n) is 6.13. The van der Waals surface area contributed by atoms with Gasteiger partial charge in [0, 0.05) is 5.92 Å². The van der Waals surface area contributed by atoms with Gasteiger partial charge < -0.3 is 5.32 Å². The van der Waals surface area contributed by atoms with Crippen LogP contribution in [0.15, 0.2) is 18.2 Å². The predicted octanol–water partition coefficient (Wildman–Crippen LogP) is 2.90. The average molecular weight is 277 g/mol. The van der Waals surface area contributed by atoms with Crippen molar-refractivity contribution in [1.29, 1.82) is 0 Å². The number of aromatic amines is 1. The second kappa shape index (κ2) is 4.66. The summed E-state index contributed by atoms with van der Waals surface area (Å²) in [5.74, 6) is 1.03. The van der Waals surface area contributed by atoms with Crippen LogP contribution in [-0.4, -0.2) is 21.1 Å². The van der Waals surface area contributed by atoms with Gasteiger partial charge in [0.25, 0.3) is 5.91 Å². The molecule has 2 N–H and O–H groups in total. The second-order valence-corrected chi connectivity index (χ2v) is 5.16. The summed E-state index contributed by atoms with van der Waals surface area (Å²) in [6.07, 6.45) is 2.22. The lowest BCUT2D eigenvalue weighted by Crippen LogP contribution is -2.14. The molecule has 1 aromatic carbocycles. The molecule has 1 aliphatic rings. The Hall–Kier alpha value is -1.88. The zero-order valence-corrected chi connectivity index (χ0v) is 11.2. The summed E-state index contributed by atoms with van der Waals surface area (Å²) in [6, 6.07) is 5.45. The molecule has 0 saturated heterocycles. The molecule has 1 saturated carbocycles. The molecule has 6 heteroatoms. The highest BCUT2D eigenvalue weighted by atomic mass is 35.5. The van der Waals surface area contributed by atoms with Crippen molar-refractivity contribution in [2.45, 2.75) is 25.7 Å². The number of carbonyl (C=O) groups excluding carboxylic acids is 1. The third-order valence-electron chi connectivity index (χ3n) is 3.04. The first-order valence-corrected chi connectivity index (χ1v) is 6.51. The van der Waals surface area contributed by atoms with Gasteiger partial charge in [-0.05, 0) is 37.5 Å². The summed E-state index contributed by atoms with van der Waals surface area (Å²) in [6.45, 7) is 1.93. The Morgan fingerprint density at radius 1 is 1.47 bits per heavy atom. The molecule has 0 atom stereocenters. The van der Waals surface area contributed by atoms with E-state index in [0.717, 1.165) is 24.2 Å². The molecule has 19 heavy (non-hydrogen) atoms. The lowest BCUT2D eigenvalue weighted by atomic mass is 10.2. The maximum absolute atomic E-state index is 12.0. The molecule has 1 fully saturated rings. The van der Waals surface area contributed by atoms with Crippen LogP contribution in [0.1, 0.15) is 40.8 Å². The van der Waals surface area contributed by atoms with E-state index in [2.05, 4.69) is 20.5 Å². The minimum atomic E-state index is -0.351. The van der Waals surface area contributed by atoms with Gasteiger partial charge in [0.2, 0.25) is 5.82 Å². The fourth-order valence-corrected chi connectivity index (χ4v) is 1.99. The zero-order valence-electron chi connectivity index (χ0n) is 10.4. The summed E-state index contributed by atoms with van der Waals surface area (Å²) in [5, 5.41) is 9.96. The van der Waals surface area contributed by atoms with Crippen LogP contribution in [0.3, 0.4) is 0 Å². The van der Waals surface area contributed by atoms with E-state index >= 15 is 0 Å². The Morgan fingerprint density at radius 3 is 3.00 bits per heavy atom. The number of anilines is 1. The van der Waals surface area contributed by atoms with Crippen LogP contribution in [-0.2, 0) is 0 Å². The van der Waals surface area contributed by atoms with Crippen molar-refractivity contribution < 1.29 is 4.79 Å². The summed E-state index contributed by atoms with van der Waals surface area (Å²) in [4.78, 5) is 16.2. The monoisotopic (exact) mass is 276 g/mol. The van der Waals surface area contributed by atoms with Crippen LogP contribution in [0.25, 0.3) is 0 Å². The fourth-order valence-electron chi connectivity index (χ4n) is 1.83. The highest BCUT2D eigenvalue weighted by Gasteiger charge is 2.28. The van der Waals surface area contributed by atoms with Crippen molar-refractivity contribution in [3.8, 4) is 0 Å². The van der Waals surface area contributed by atoms with Crippen molar-refractivity contribution >= 4 is 23.2 Å². The van der Waals surface area contributed by atoms with Gasteiger partial charge in [0.05, 0.1) is 10.7 Å². The quantitative estimate of drug-likeness (QED) is 0.905. The molecule has 1 heterocycles. The van der Waals surface area contributed by atoms with Gasteiger partial charge in [0.15, 0.2) is 0 Å². The number of benzene rings is 1. The largest absolute Gasteiger partial charge is 0.318 e. The molecule has 0 aliphatic heterocycles. The van der Waals surface area contributed by atoms with E-state index < -0.39 is 0 Å². The molecular formula is C13H13ClN4O. The number of halogens is 1. The summed E-state index contributed by atoms with van der Waals surface area (Å²) < 4.78 is 0. The van der Waals surface area contributed by atoms with E-state index in [4.69, 9.17) is 11.6 Å². The van der Waals surface area contributed by atoms with Crippen molar-refractivity contribution in [3.63, 3.8) is 0 Å². The van der Waals surface area contributed by atoms with Crippen LogP contribution in [0, 0.1) is 6.92 Å². The molecule has 0 spiro atoms. The summed E-state index contributed by atoms with van der Waals surface area (Å²) >= 11 is 6.03. The van der Waals surface area contributed by atoms with Crippen molar-refractivity contribution in [2.24, 2.45) is 0 Å². The van der Waals surface area contributed by atoms with Crippen molar-refractivity contribution in [3.05, 3.63) is 40.4 Å². The normalized spacial score (nSPS) is 14.4. The van der Waals surface area contributed by atoms with E-state index in [-0.39, 0.29) is 11.7 Å². The number of carbonyl (C=O) groups is 1. The molecule has 0 radical (unpaired) electrons. The molecule has 0 unspecified atom stereocenters. The van der Waals surface area contributed by atoms with E-state index in [1.807, 2.05) is 19.1 Å². The summed E-state index contributed by atoms with van der Waals surface area (Å²) in [7, 11) is 0. The van der Waals surface area contributed by atoms with Crippen LogP contribution in [0.4, 0.5) is 5.69 Å². The van der Waals surface area contributed by atoms with Crippen LogP contribution >= 0.6 is 11.6 Å². The molecule has 1 aliphatic carbocycles. The maximum atomic E-state index is 12.0. The summed E-state index contributed by atoms with van der Waals surface area (Å²) in [5.41, 5.74) is 1.60.